The predicted octanol–water partition coefficient (Wildman–Crippen LogP) is 8.96. The van der Waals surface area contributed by atoms with E-state index >= 15 is 4.79 Å². The Morgan fingerprint density at radius 2 is 0.750 bits per heavy atom. The molecule has 13 rings (SSSR count). The van der Waals surface area contributed by atoms with Crippen LogP contribution in [0.1, 0.15) is 162 Å². The van der Waals surface area contributed by atoms with Crippen LogP contribution in [0.5, 0.6) is 0 Å². The Bertz CT molecular complexity index is 3030. The van der Waals surface area contributed by atoms with E-state index in [0.717, 1.165) is 206 Å². The molecule has 0 saturated heterocycles. The fourth-order valence-corrected chi connectivity index (χ4v) is 15.5. The normalized spacial score (nSPS) is 21.1. The minimum absolute atomic E-state index is 0.245. The second-order valence-electron chi connectivity index (χ2n) is 23.1. The highest BCUT2D eigenvalue weighted by Crippen LogP contribution is 2.50. The molecule has 4 fully saturated rings. The van der Waals surface area contributed by atoms with E-state index in [1.165, 1.54) is 0 Å². The van der Waals surface area contributed by atoms with E-state index in [2.05, 4.69) is 84.9 Å². The fourth-order valence-electron chi connectivity index (χ4n) is 15.5. The van der Waals surface area contributed by atoms with Crippen LogP contribution >= 0.6 is 0 Å². The summed E-state index contributed by atoms with van der Waals surface area (Å²) in [5.74, 6) is 0. The lowest BCUT2D eigenvalue weighted by atomic mass is 9.30. The summed E-state index contributed by atoms with van der Waals surface area (Å²) >= 11 is 0. The van der Waals surface area contributed by atoms with E-state index in [1.807, 2.05) is 34.1 Å². The lowest BCUT2D eigenvalue weighted by molar-refractivity contribution is 0.255. The molecule has 4 aliphatic carbocycles. The van der Waals surface area contributed by atoms with Crippen LogP contribution in [0.15, 0.2) is 97.1 Å². The average molecular weight is 926 g/mol. The van der Waals surface area contributed by atoms with Gasteiger partial charge in [-0.1, -0.05) is 234 Å². The van der Waals surface area contributed by atoms with Crippen LogP contribution in [0, 0.1) is 22.7 Å². The maximum atomic E-state index is 16.4. The maximum absolute atomic E-state index is 16.4. The number of hydrogen-bond acceptors (Lipinski definition) is 3. The number of carbonyl (C=O) groups excluding carboxylic acids is 1. The molecule has 11 heteroatoms. The van der Waals surface area contributed by atoms with E-state index < -0.39 is 21.3 Å². The van der Waals surface area contributed by atoms with Crippen molar-refractivity contribution < 1.29 is 4.79 Å². The Hall–Kier alpha value is -5.78. The summed E-state index contributed by atoms with van der Waals surface area (Å²) in [6, 6.07) is 38.8. The van der Waals surface area contributed by atoms with Crippen molar-refractivity contribution in [2.75, 3.05) is 9.80 Å². The smallest absolute Gasteiger partial charge is 0.263 e. The zero-order chi connectivity index (χ0) is 49.1. The van der Waals surface area contributed by atoms with Crippen LogP contribution in [0.25, 0.3) is 10.8 Å². The van der Waals surface area contributed by atoms with Gasteiger partial charge in [-0.05, 0) is 72.8 Å². The predicted molar refractivity (Wildman–Crippen MR) is 300 cm³/mol. The number of nitrogens with zero attached hydrogens (tertiary/aromatic N) is 4. The molecule has 4 saturated carbocycles. The van der Waals surface area contributed by atoms with E-state index in [-0.39, 0.29) is 19.5 Å². The molecule has 5 nitrogen and oxygen atoms in total. The Morgan fingerprint density at radius 3 is 1.07 bits per heavy atom. The molecule has 6 aromatic rings. The first-order chi connectivity index (χ1) is 35.0. The first-order valence-electron chi connectivity index (χ1n) is 27.2. The van der Waals surface area contributed by atoms with Crippen molar-refractivity contribution in [3.63, 3.8) is 0 Å². The number of hydrogen-bond donors (Lipinski definition) is 0. The topological polar surface area (TPSA) is 71.1 Å². The van der Waals surface area contributed by atoms with Crippen LogP contribution < -0.4 is 42.6 Å². The van der Waals surface area contributed by atoms with Gasteiger partial charge in [0.05, 0.1) is 66.0 Å². The highest BCUT2D eigenvalue weighted by Gasteiger charge is 2.52. The SMILES string of the molecule is [B]C1(c2cccc(C3([B])CCCCC3)c2B2c3ccc(C#N)cc3N3C(=O)N4c5cc(C#N)ccc5B(c5c(C6([B])CCCCC6)cccc5C5([B])CCCCC5)c5ccc6ccc2c3c6c54)CCCCC1. The third-order valence-electron chi connectivity index (χ3n) is 19.0. The molecule has 2 amide bonds. The van der Waals surface area contributed by atoms with Gasteiger partial charge in [0.2, 0.25) is 13.4 Å². The van der Waals surface area contributed by atoms with Gasteiger partial charge in [0.25, 0.3) is 0 Å². The van der Waals surface area contributed by atoms with Crippen LogP contribution in [-0.2, 0) is 21.3 Å². The quantitative estimate of drug-likeness (QED) is 0.157. The van der Waals surface area contributed by atoms with Crippen LogP contribution in [0.4, 0.5) is 27.5 Å². The lowest BCUT2D eigenvalue weighted by Crippen LogP contribution is -2.66. The molecule has 0 unspecified atom stereocenters. The molecule has 0 bridgehead atoms. The number of urea groups is 1. The highest BCUT2D eigenvalue weighted by atomic mass is 16.2. The summed E-state index contributed by atoms with van der Waals surface area (Å²) in [6.07, 6.45) is 20.2. The first kappa shape index (κ1) is 46.0. The molecule has 3 aliphatic heterocycles. The van der Waals surface area contributed by atoms with E-state index in [9.17, 15) is 10.5 Å². The molecule has 7 aliphatic rings. The maximum Gasteiger partial charge on any atom is 0.338 e. The van der Waals surface area contributed by atoms with Gasteiger partial charge in [-0.25, -0.2) is 4.79 Å². The minimum Gasteiger partial charge on any atom is -0.263 e. The Balaban J connectivity index is 1.14. The zero-order valence-corrected chi connectivity index (χ0v) is 41.5. The molecule has 0 atom stereocenters. The Labute approximate surface area is 432 Å². The molecule has 0 aromatic heterocycles. The van der Waals surface area contributed by atoms with Gasteiger partial charge in [-0.2, -0.15) is 10.5 Å². The highest BCUT2D eigenvalue weighted by molar-refractivity contribution is 7.00. The van der Waals surface area contributed by atoms with Gasteiger partial charge in [0, 0.05) is 16.8 Å². The number of amides is 2. The molecule has 0 N–H and O–H groups in total. The molecular weight excluding hydrogens is 870 g/mol. The minimum atomic E-state index is -0.559. The van der Waals surface area contributed by atoms with Crippen molar-refractivity contribution in [1.29, 1.82) is 10.5 Å². The monoisotopic (exact) mass is 927 g/mol. The fraction of sp³-hybridized carbons (Fsp3) is 0.393. The molecule has 72 heavy (non-hydrogen) atoms. The van der Waals surface area contributed by atoms with Gasteiger partial charge in [0.1, 0.15) is 0 Å². The standard InChI is InChI=1S/C61H56B6N4O/c62-58(27-5-1-6-28-58)42-15-13-16-43(59(63)29-7-2-8-30-59)53(42)66-46-23-19-39(37-68)35-50(46)70-55-48(66)25-21-41-22-26-49-56(52(41)55)71(57(70)72)51-36-40(38-69)20-24-47(51)67(49)54-44(60(64)31-9-3-10-32-60)17-14-18-45(54)61(65)33-11-4-12-34-61/h13-26,35-36H,1-12,27-34H2. The van der Waals surface area contributed by atoms with Gasteiger partial charge in [0.15, 0.2) is 0 Å². The summed E-state index contributed by atoms with van der Waals surface area (Å²) in [6.45, 7) is -0.684. The third kappa shape index (κ3) is 6.80. The zero-order valence-electron chi connectivity index (χ0n) is 41.5. The molecular formula is C61H56B6N4O. The van der Waals surface area contributed by atoms with Crippen molar-refractivity contribution in [1.82, 2.24) is 0 Å². The number of anilines is 4. The molecule has 8 radical (unpaired) electrons. The van der Waals surface area contributed by atoms with Crippen LogP contribution in [-0.4, -0.2) is 50.8 Å². The van der Waals surface area contributed by atoms with Gasteiger partial charge in [-0.15, -0.1) is 0 Å². The molecule has 6 aromatic carbocycles. The van der Waals surface area contributed by atoms with E-state index in [1.54, 1.807) is 0 Å². The number of fused-ring (bicyclic) bond motifs is 4. The summed E-state index contributed by atoms with van der Waals surface area (Å²) in [5.41, 5.74) is 14.8. The molecule has 344 valence electrons. The molecule has 0 spiro atoms. The van der Waals surface area contributed by atoms with Crippen LogP contribution in [0.2, 0.25) is 0 Å². The van der Waals surface area contributed by atoms with Gasteiger partial charge >= 0.3 is 6.03 Å². The largest absolute Gasteiger partial charge is 0.338 e. The van der Waals surface area contributed by atoms with E-state index in [0.29, 0.717) is 22.5 Å². The second kappa shape index (κ2) is 17.2. The average Bonchev–Trinajstić information content (AvgIpc) is 3.41. The van der Waals surface area contributed by atoms with Crippen molar-refractivity contribution in [3.05, 3.63) is 130 Å². The molecule has 3 heterocycles. The summed E-state index contributed by atoms with van der Waals surface area (Å²) < 4.78 is 0. The summed E-state index contributed by atoms with van der Waals surface area (Å²) in [5, 5.41) is 21.0. The van der Waals surface area contributed by atoms with Crippen molar-refractivity contribution in [2.45, 2.75) is 150 Å². The number of benzene rings is 6. The number of carbonyl (C=O) groups is 1. The van der Waals surface area contributed by atoms with Crippen molar-refractivity contribution in [2.24, 2.45) is 0 Å². The second-order valence-corrected chi connectivity index (χ2v) is 23.1. The summed E-state index contributed by atoms with van der Waals surface area (Å²) in [4.78, 5) is 20.2. The third-order valence-corrected chi connectivity index (χ3v) is 19.0. The van der Waals surface area contributed by atoms with Gasteiger partial charge in [-0.3, -0.25) is 9.80 Å². The Morgan fingerprint density at radius 1 is 0.431 bits per heavy atom. The first-order valence-corrected chi connectivity index (χ1v) is 27.2. The van der Waals surface area contributed by atoms with Crippen molar-refractivity contribution in [3.8, 4) is 12.1 Å². The summed E-state index contributed by atoms with van der Waals surface area (Å²) in [7, 11) is 31.0. The number of nitriles is 2. The van der Waals surface area contributed by atoms with Crippen molar-refractivity contribution >= 4 is 117 Å². The Kier molecular flexibility index (Phi) is 11.0. The lowest BCUT2D eigenvalue weighted by Gasteiger charge is -2.49. The van der Waals surface area contributed by atoms with E-state index in [4.69, 9.17) is 31.4 Å². The van der Waals surface area contributed by atoms with Crippen LogP contribution in [0.3, 0.4) is 0 Å². The van der Waals surface area contributed by atoms with Gasteiger partial charge < -0.3 is 0 Å². The number of rotatable bonds is 6.